The maximum atomic E-state index is 13.1. The fourth-order valence-corrected chi connectivity index (χ4v) is 4.99. The Labute approximate surface area is 182 Å². The third-order valence-corrected chi connectivity index (χ3v) is 6.67. The van der Waals surface area contributed by atoms with Crippen LogP contribution in [-0.4, -0.2) is 27.2 Å². The van der Waals surface area contributed by atoms with E-state index in [-0.39, 0.29) is 17.8 Å². The monoisotopic (exact) mass is 470 g/mol. The van der Waals surface area contributed by atoms with Crippen molar-refractivity contribution >= 4 is 44.7 Å². The number of amidine groups is 1. The molecule has 1 amide bonds. The van der Waals surface area contributed by atoms with E-state index in [1.807, 2.05) is 61.5 Å². The summed E-state index contributed by atoms with van der Waals surface area (Å²) in [5.41, 5.74) is 2.69. The number of aliphatic imine (C=N–C) groups is 1. The van der Waals surface area contributed by atoms with Gasteiger partial charge in [-0.3, -0.25) is 9.69 Å². The number of hydrogen-bond donors (Lipinski definition) is 0. The van der Waals surface area contributed by atoms with Gasteiger partial charge >= 0.3 is 5.97 Å². The largest absolute Gasteiger partial charge is 0.457 e. The summed E-state index contributed by atoms with van der Waals surface area (Å²) in [6.07, 6.45) is 0. The molecule has 0 unspecified atom stereocenters. The van der Waals surface area contributed by atoms with Crippen LogP contribution >= 0.6 is 27.7 Å². The lowest BCUT2D eigenvalue weighted by molar-refractivity contribution is -0.141. The van der Waals surface area contributed by atoms with Crippen molar-refractivity contribution in [2.24, 2.45) is 4.99 Å². The SMILES string of the molecule is CC1=C(C(=O)OCc2ccccc2)[C@@H](c2ccccc2Br)N2C(=O)[C@@H](C)SC2=N1. The molecule has 0 bridgehead atoms. The third-order valence-electron chi connectivity index (χ3n) is 4.89. The van der Waals surface area contributed by atoms with Crippen molar-refractivity contribution < 1.29 is 14.3 Å². The molecule has 1 fully saturated rings. The smallest absolute Gasteiger partial charge is 0.338 e. The number of allylic oxidation sites excluding steroid dienone is 1. The van der Waals surface area contributed by atoms with E-state index in [1.54, 1.807) is 11.8 Å². The van der Waals surface area contributed by atoms with Crippen LogP contribution in [0.3, 0.4) is 0 Å². The molecule has 0 saturated carbocycles. The first-order valence-corrected chi connectivity index (χ1v) is 10.9. The van der Waals surface area contributed by atoms with Gasteiger partial charge in [-0.2, -0.15) is 0 Å². The van der Waals surface area contributed by atoms with Crippen LogP contribution < -0.4 is 0 Å². The molecule has 2 atom stereocenters. The molecule has 148 valence electrons. The predicted molar refractivity (Wildman–Crippen MR) is 117 cm³/mol. The van der Waals surface area contributed by atoms with Gasteiger partial charge in [0, 0.05) is 4.47 Å². The first-order valence-electron chi connectivity index (χ1n) is 9.22. The molecule has 2 aliphatic heterocycles. The average Bonchev–Trinajstić information content (AvgIpc) is 3.00. The van der Waals surface area contributed by atoms with Crippen molar-refractivity contribution in [3.8, 4) is 0 Å². The second kappa shape index (κ2) is 8.16. The summed E-state index contributed by atoms with van der Waals surface area (Å²) in [5.74, 6) is -0.525. The van der Waals surface area contributed by atoms with Gasteiger partial charge in [-0.05, 0) is 31.0 Å². The quantitative estimate of drug-likeness (QED) is 0.599. The van der Waals surface area contributed by atoms with E-state index in [0.29, 0.717) is 16.4 Å². The number of carbonyl (C=O) groups is 2. The molecular formula is C22H19BrN2O3S. The Kier molecular flexibility index (Phi) is 5.61. The van der Waals surface area contributed by atoms with Crippen molar-refractivity contribution in [3.05, 3.63) is 81.5 Å². The lowest BCUT2D eigenvalue weighted by atomic mass is 9.94. The number of rotatable bonds is 4. The highest BCUT2D eigenvalue weighted by Crippen LogP contribution is 2.44. The van der Waals surface area contributed by atoms with E-state index in [1.165, 1.54) is 11.8 Å². The van der Waals surface area contributed by atoms with Crippen LogP contribution in [0.25, 0.3) is 0 Å². The minimum absolute atomic E-state index is 0.0598. The highest BCUT2D eigenvalue weighted by molar-refractivity contribution is 9.10. The van der Waals surface area contributed by atoms with Gasteiger partial charge in [0.05, 0.1) is 22.6 Å². The first kappa shape index (κ1) is 19.9. The fourth-order valence-electron chi connectivity index (χ4n) is 3.46. The Hall–Kier alpha value is -2.38. The molecule has 1 saturated heterocycles. The summed E-state index contributed by atoms with van der Waals surface area (Å²) in [6.45, 7) is 3.81. The number of ether oxygens (including phenoxy) is 1. The van der Waals surface area contributed by atoms with Crippen LogP contribution in [0.5, 0.6) is 0 Å². The third kappa shape index (κ3) is 3.76. The Morgan fingerprint density at radius 3 is 2.59 bits per heavy atom. The molecular weight excluding hydrogens is 452 g/mol. The number of fused-ring (bicyclic) bond motifs is 1. The Morgan fingerprint density at radius 1 is 1.17 bits per heavy atom. The predicted octanol–water partition coefficient (Wildman–Crippen LogP) is 4.84. The Balaban J connectivity index is 1.73. The lowest BCUT2D eigenvalue weighted by Gasteiger charge is -2.33. The van der Waals surface area contributed by atoms with Crippen molar-refractivity contribution in [1.82, 2.24) is 4.90 Å². The van der Waals surface area contributed by atoms with Gasteiger partial charge in [-0.25, -0.2) is 9.79 Å². The van der Waals surface area contributed by atoms with E-state index < -0.39 is 12.0 Å². The topological polar surface area (TPSA) is 59.0 Å². The number of esters is 1. The zero-order chi connectivity index (χ0) is 20.5. The highest BCUT2D eigenvalue weighted by atomic mass is 79.9. The van der Waals surface area contributed by atoms with Gasteiger partial charge in [-0.15, -0.1) is 0 Å². The molecule has 2 aliphatic rings. The summed E-state index contributed by atoms with van der Waals surface area (Å²) in [6, 6.07) is 16.5. The number of nitrogens with zero attached hydrogens (tertiary/aromatic N) is 2. The molecule has 0 radical (unpaired) electrons. The summed E-state index contributed by atoms with van der Waals surface area (Å²) in [5, 5.41) is 0.381. The molecule has 2 aromatic carbocycles. The van der Waals surface area contributed by atoms with Crippen LogP contribution in [0.1, 0.15) is 31.0 Å². The zero-order valence-corrected chi connectivity index (χ0v) is 18.4. The second-order valence-corrected chi connectivity index (χ2v) is 9.01. The Bertz CT molecular complexity index is 1040. The molecule has 0 aromatic heterocycles. The summed E-state index contributed by atoms with van der Waals surface area (Å²) in [4.78, 5) is 32.2. The molecule has 5 nitrogen and oxygen atoms in total. The van der Waals surface area contributed by atoms with Crippen LogP contribution in [0.4, 0.5) is 0 Å². The van der Waals surface area contributed by atoms with Crippen LogP contribution in [0, 0.1) is 0 Å². The van der Waals surface area contributed by atoms with E-state index >= 15 is 0 Å². The molecule has 0 N–H and O–H groups in total. The number of carbonyl (C=O) groups excluding carboxylic acids is 2. The molecule has 0 aliphatic carbocycles. The summed E-state index contributed by atoms with van der Waals surface area (Å²) >= 11 is 4.99. The molecule has 2 aromatic rings. The normalized spacial score (nSPS) is 21.1. The summed E-state index contributed by atoms with van der Waals surface area (Å²) in [7, 11) is 0. The van der Waals surface area contributed by atoms with Gasteiger partial charge < -0.3 is 4.74 Å². The molecule has 4 rings (SSSR count). The van der Waals surface area contributed by atoms with Crippen LogP contribution in [0.15, 0.2) is 75.3 Å². The van der Waals surface area contributed by atoms with Gasteiger partial charge in [0.15, 0.2) is 5.17 Å². The number of thioether (sulfide) groups is 1. The van der Waals surface area contributed by atoms with Crippen molar-refractivity contribution in [1.29, 1.82) is 0 Å². The van der Waals surface area contributed by atoms with Crippen molar-refractivity contribution in [3.63, 3.8) is 0 Å². The average molecular weight is 471 g/mol. The summed E-state index contributed by atoms with van der Waals surface area (Å²) < 4.78 is 6.44. The maximum absolute atomic E-state index is 13.1. The highest BCUT2D eigenvalue weighted by Gasteiger charge is 2.46. The molecule has 0 spiro atoms. The van der Waals surface area contributed by atoms with Gasteiger partial charge in [0.1, 0.15) is 6.61 Å². The van der Waals surface area contributed by atoms with Crippen molar-refractivity contribution in [2.75, 3.05) is 0 Å². The minimum atomic E-state index is -0.578. The number of hydrogen-bond acceptors (Lipinski definition) is 5. The van der Waals surface area contributed by atoms with Gasteiger partial charge in [-0.1, -0.05) is 76.2 Å². The van der Waals surface area contributed by atoms with E-state index in [9.17, 15) is 9.59 Å². The van der Waals surface area contributed by atoms with Gasteiger partial charge in [0.2, 0.25) is 5.91 Å². The molecule has 7 heteroatoms. The fraction of sp³-hybridized carbons (Fsp3) is 0.227. The first-order chi connectivity index (χ1) is 14.0. The molecule has 29 heavy (non-hydrogen) atoms. The van der Waals surface area contributed by atoms with Crippen LogP contribution in [0.2, 0.25) is 0 Å². The number of halogens is 1. The van der Waals surface area contributed by atoms with Gasteiger partial charge in [0.25, 0.3) is 0 Å². The van der Waals surface area contributed by atoms with E-state index in [0.717, 1.165) is 15.6 Å². The molecule has 2 heterocycles. The van der Waals surface area contributed by atoms with Crippen LogP contribution in [-0.2, 0) is 20.9 Å². The van der Waals surface area contributed by atoms with Crippen molar-refractivity contribution in [2.45, 2.75) is 31.7 Å². The number of benzene rings is 2. The Morgan fingerprint density at radius 2 is 1.86 bits per heavy atom. The number of amides is 1. The zero-order valence-electron chi connectivity index (χ0n) is 16.0. The standard InChI is InChI=1S/C22H19BrN2O3S/c1-13-18(21(27)28-12-15-8-4-3-5-9-15)19(16-10-6-7-11-17(16)23)25-20(26)14(2)29-22(25)24-13/h3-11,14,19H,12H2,1-2H3/t14-,19-/m1/s1. The van der Waals surface area contributed by atoms with E-state index in [2.05, 4.69) is 20.9 Å². The maximum Gasteiger partial charge on any atom is 0.338 e. The van der Waals surface area contributed by atoms with E-state index in [4.69, 9.17) is 4.74 Å². The lowest BCUT2D eigenvalue weighted by Crippen LogP contribution is -2.40. The second-order valence-electron chi connectivity index (χ2n) is 6.85. The minimum Gasteiger partial charge on any atom is -0.457 e.